The largest absolute Gasteiger partial charge is 0.457 e. The second kappa shape index (κ2) is 6.72. The fourth-order valence-corrected chi connectivity index (χ4v) is 2.12. The average molecular weight is 345 g/mol. The van der Waals surface area contributed by atoms with Gasteiger partial charge in [-0.25, -0.2) is 4.98 Å². The summed E-state index contributed by atoms with van der Waals surface area (Å²) < 4.78 is 44.0. The van der Waals surface area contributed by atoms with E-state index in [2.05, 4.69) is 10.3 Å². The number of para-hydroxylation sites is 1. The smallest absolute Gasteiger partial charge is 0.417 e. The molecule has 0 aliphatic carbocycles. The number of rotatable bonds is 4. The van der Waals surface area contributed by atoms with Crippen molar-refractivity contribution in [1.29, 1.82) is 0 Å². The molecule has 7 heteroatoms. The number of hydrogen-bond acceptors (Lipinski definition) is 4. The Labute approximate surface area is 142 Å². The number of nitrogens with two attached hydrogens (primary N) is 1. The van der Waals surface area contributed by atoms with Crippen LogP contribution in [0.25, 0.3) is 0 Å². The van der Waals surface area contributed by atoms with Crippen LogP contribution in [-0.4, -0.2) is 4.98 Å². The highest BCUT2D eigenvalue weighted by Crippen LogP contribution is 2.33. The molecule has 0 spiro atoms. The number of ether oxygens (including phenoxy) is 1. The topological polar surface area (TPSA) is 60.2 Å². The number of nitrogen functional groups attached to an aromatic ring is 1. The van der Waals surface area contributed by atoms with Crippen molar-refractivity contribution >= 4 is 17.2 Å². The standard InChI is InChI=1S/C18H14F3N3O/c19-18(20,21)12-10-16(17(22)23-11-12)24-13-6-8-15(9-7-13)25-14-4-2-1-3-5-14/h1-11,24H,(H2,22,23). The van der Waals surface area contributed by atoms with E-state index < -0.39 is 11.7 Å². The maximum absolute atomic E-state index is 12.8. The quantitative estimate of drug-likeness (QED) is 0.681. The lowest BCUT2D eigenvalue weighted by Crippen LogP contribution is -2.08. The Kier molecular flexibility index (Phi) is 4.47. The second-order valence-electron chi connectivity index (χ2n) is 5.22. The van der Waals surface area contributed by atoms with E-state index in [0.29, 0.717) is 23.4 Å². The van der Waals surface area contributed by atoms with Crippen LogP contribution in [0.4, 0.5) is 30.4 Å². The van der Waals surface area contributed by atoms with Gasteiger partial charge in [-0.3, -0.25) is 0 Å². The van der Waals surface area contributed by atoms with E-state index in [-0.39, 0.29) is 11.5 Å². The number of alkyl halides is 3. The van der Waals surface area contributed by atoms with Gasteiger partial charge in [-0.1, -0.05) is 18.2 Å². The van der Waals surface area contributed by atoms with Gasteiger partial charge < -0.3 is 15.8 Å². The molecule has 4 nitrogen and oxygen atoms in total. The van der Waals surface area contributed by atoms with Crippen molar-refractivity contribution in [2.24, 2.45) is 0 Å². The molecule has 0 aliphatic rings. The number of halogens is 3. The lowest BCUT2D eigenvalue weighted by atomic mass is 10.2. The highest BCUT2D eigenvalue weighted by atomic mass is 19.4. The zero-order valence-corrected chi connectivity index (χ0v) is 12.9. The molecule has 3 rings (SSSR count). The Morgan fingerprint density at radius 1 is 0.920 bits per heavy atom. The molecule has 0 saturated heterocycles. The molecule has 2 aromatic carbocycles. The van der Waals surface area contributed by atoms with Crippen LogP contribution in [0.1, 0.15) is 5.56 Å². The summed E-state index contributed by atoms with van der Waals surface area (Å²) in [4.78, 5) is 3.59. The lowest BCUT2D eigenvalue weighted by molar-refractivity contribution is -0.137. The van der Waals surface area contributed by atoms with E-state index in [1.54, 1.807) is 24.3 Å². The minimum atomic E-state index is -4.48. The molecular weight excluding hydrogens is 331 g/mol. The van der Waals surface area contributed by atoms with Gasteiger partial charge in [0.2, 0.25) is 0 Å². The first-order valence-electron chi connectivity index (χ1n) is 7.34. The molecular formula is C18H14F3N3O. The number of benzene rings is 2. The average Bonchev–Trinajstić information content (AvgIpc) is 2.58. The Bertz CT molecular complexity index is 850. The first kappa shape index (κ1) is 16.6. The number of pyridine rings is 1. The number of anilines is 3. The molecule has 0 unspecified atom stereocenters. The van der Waals surface area contributed by atoms with Crippen LogP contribution in [0.5, 0.6) is 11.5 Å². The summed E-state index contributed by atoms with van der Waals surface area (Å²) in [6, 6.07) is 16.9. The van der Waals surface area contributed by atoms with E-state index >= 15 is 0 Å². The van der Waals surface area contributed by atoms with Crippen LogP contribution in [0.3, 0.4) is 0 Å². The Balaban J connectivity index is 1.75. The molecule has 0 radical (unpaired) electrons. The predicted molar refractivity (Wildman–Crippen MR) is 89.9 cm³/mol. The van der Waals surface area contributed by atoms with Crippen molar-refractivity contribution in [1.82, 2.24) is 4.98 Å². The van der Waals surface area contributed by atoms with Crippen molar-refractivity contribution in [2.75, 3.05) is 11.1 Å². The summed E-state index contributed by atoms with van der Waals surface area (Å²) in [5, 5.41) is 2.83. The van der Waals surface area contributed by atoms with Gasteiger partial charge in [0.15, 0.2) is 0 Å². The minimum absolute atomic E-state index is 0.0161. The fourth-order valence-electron chi connectivity index (χ4n) is 2.12. The third kappa shape index (κ3) is 4.20. The summed E-state index contributed by atoms with van der Waals surface area (Å²) in [5.74, 6) is 1.28. The van der Waals surface area contributed by atoms with Gasteiger partial charge in [-0.15, -0.1) is 0 Å². The van der Waals surface area contributed by atoms with E-state index in [1.165, 1.54) is 0 Å². The van der Waals surface area contributed by atoms with Gasteiger partial charge in [0.25, 0.3) is 0 Å². The fraction of sp³-hybridized carbons (Fsp3) is 0.0556. The Morgan fingerprint density at radius 3 is 2.20 bits per heavy atom. The molecule has 0 fully saturated rings. The SMILES string of the molecule is Nc1ncc(C(F)(F)F)cc1Nc1ccc(Oc2ccccc2)cc1. The number of hydrogen-bond donors (Lipinski definition) is 2. The number of nitrogens with zero attached hydrogens (tertiary/aromatic N) is 1. The maximum atomic E-state index is 12.8. The molecule has 0 amide bonds. The van der Waals surface area contributed by atoms with Gasteiger partial charge in [-0.05, 0) is 42.5 Å². The van der Waals surface area contributed by atoms with E-state index in [9.17, 15) is 13.2 Å². The van der Waals surface area contributed by atoms with Crippen LogP contribution in [-0.2, 0) is 6.18 Å². The summed E-state index contributed by atoms with van der Waals surface area (Å²) in [6.45, 7) is 0. The summed E-state index contributed by atoms with van der Waals surface area (Å²) >= 11 is 0. The summed E-state index contributed by atoms with van der Waals surface area (Å²) in [7, 11) is 0. The first-order chi connectivity index (χ1) is 11.9. The molecule has 1 aromatic heterocycles. The van der Waals surface area contributed by atoms with Gasteiger partial charge >= 0.3 is 6.18 Å². The number of aromatic nitrogens is 1. The predicted octanol–water partition coefficient (Wildman–Crippen LogP) is 5.22. The third-order valence-corrected chi connectivity index (χ3v) is 3.36. The van der Waals surface area contributed by atoms with Crippen LogP contribution in [0.15, 0.2) is 66.9 Å². The van der Waals surface area contributed by atoms with Crippen LogP contribution < -0.4 is 15.8 Å². The lowest BCUT2D eigenvalue weighted by Gasteiger charge is -2.13. The second-order valence-corrected chi connectivity index (χ2v) is 5.22. The highest BCUT2D eigenvalue weighted by Gasteiger charge is 2.31. The molecule has 0 saturated carbocycles. The van der Waals surface area contributed by atoms with Crippen molar-refractivity contribution in [3.8, 4) is 11.5 Å². The molecule has 128 valence electrons. The normalized spacial score (nSPS) is 11.2. The molecule has 0 bridgehead atoms. The molecule has 25 heavy (non-hydrogen) atoms. The molecule has 1 heterocycles. The van der Waals surface area contributed by atoms with E-state index in [4.69, 9.17) is 10.5 Å². The van der Waals surface area contributed by atoms with Gasteiger partial charge in [0, 0.05) is 11.9 Å². The van der Waals surface area contributed by atoms with E-state index in [1.807, 2.05) is 30.3 Å². The first-order valence-corrected chi connectivity index (χ1v) is 7.34. The van der Waals surface area contributed by atoms with Crippen molar-refractivity contribution in [3.05, 3.63) is 72.4 Å². The monoisotopic (exact) mass is 345 g/mol. The zero-order chi connectivity index (χ0) is 17.9. The van der Waals surface area contributed by atoms with Gasteiger partial charge in [0.1, 0.15) is 17.3 Å². The Morgan fingerprint density at radius 2 is 1.56 bits per heavy atom. The van der Waals surface area contributed by atoms with Gasteiger partial charge in [-0.2, -0.15) is 13.2 Å². The summed E-state index contributed by atoms with van der Waals surface area (Å²) in [5.41, 5.74) is 5.43. The zero-order valence-electron chi connectivity index (χ0n) is 12.9. The maximum Gasteiger partial charge on any atom is 0.417 e. The molecule has 0 atom stereocenters. The molecule has 3 N–H and O–H groups in total. The van der Waals surface area contributed by atoms with Crippen molar-refractivity contribution in [2.45, 2.75) is 6.18 Å². The van der Waals surface area contributed by atoms with E-state index in [0.717, 1.165) is 6.07 Å². The van der Waals surface area contributed by atoms with Crippen LogP contribution >= 0.6 is 0 Å². The van der Waals surface area contributed by atoms with Crippen molar-refractivity contribution in [3.63, 3.8) is 0 Å². The third-order valence-electron chi connectivity index (χ3n) is 3.36. The van der Waals surface area contributed by atoms with Gasteiger partial charge in [0.05, 0.1) is 11.3 Å². The summed E-state index contributed by atoms with van der Waals surface area (Å²) in [6.07, 6.45) is -3.78. The number of nitrogens with one attached hydrogen (secondary N) is 1. The van der Waals surface area contributed by atoms with Crippen molar-refractivity contribution < 1.29 is 17.9 Å². The Hall–Kier alpha value is -3.22. The molecule has 0 aliphatic heterocycles. The van der Waals surface area contributed by atoms with Crippen LogP contribution in [0, 0.1) is 0 Å². The van der Waals surface area contributed by atoms with Crippen LogP contribution in [0.2, 0.25) is 0 Å². The minimum Gasteiger partial charge on any atom is -0.457 e. The highest BCUT2D eigenvalue weighted by molar-refractivity contribution is 5.70. The molecule has 3 aromatic rings.